The molecule has 9 rings (SSSR count). The summed E-state index contributed by atoms with van der Waals surface area (Å²) in [7, 11) is 0. The van der Waals surface area contributed by atoms with Gasteiger partial charge in [-0.2, -0.15) is 28.8 Å². The van der Waals surface area contributed by atoms with Gasteiger partial charge in [-0.05, 0) is 69.8 Å². The Morgan fingerprint density at radius 2 is 1.24 bits per heavy atom. The van der Waals surface area contributed by atoms with Crippen molar-refractivity contribution in [2.45, 2.75) is 49.3 Å². The Balaban J connectivity index is 0.00000413. The van der Waals surface area contributed by atoms with E-state index in [9.17, 15) is 0 Å². The fourth-order valence-electron chi connectivity index (χ4n) is 7.60. The first kappa shape index (κ1) is 35.8. The molecule has 6 aromatic carbocycles. The minimum Gasteiger partial charge on any atom is -0.319 e. The molecule has 6 heteroatoms. The zero-order chi connectivity index (χ0) is 36.1. The molecular formula is C48H39N4PtS-. The van der Waals surface area contributed by atoms with Gasteiger partial charge < -0.3 is 4.57 Å². The van der Waals surface area contributed by atoms with Crippen molar-refractivity contribution in [1.82, 2.24) is 18.7 Å². The van der Waals surface area contributed by atoms with Gasteiger partial charge in [-0.25, -0.2) is 9.55 Å². The second-order valence-corrected chi connectivity index (χ2v) is 15.2. The molecule has 0 radical (unpaired) electrons. The minimum atomic E-state index is 0. The number of pyridine rings is 1. The van der Waals surface area contributed by atoms with E-state index >= 15 is 0 Å². The van der Waals surface area contributed by atoms with Crippen LogP contribution in [-0.4, -0.2) is 18.7 Å². The molecule has 0 bridgehead atoms. The van der Waals surface area contributed by atoms with E-state index in [1.807, 2.05) is 6.20 Å². The Labute approximate surface area is 335 Å². The molecule has 0 unspecified atom stereocenters. The van der Waals surface area contributed by atoms with Gasteiger partial charge in [0, 0.05) is 50.6 Å². The second-order valence-electron chi connectivity index (χ2n) is 14.1. The van der Waals surface area contributed by atoms with Gasteiger partial charge in [0.25, 0.3) is 0 Å². The van der Waals surface area contributed by atoms with E-state index in [1.165, 1.54) is 27.6 Å². The topological polar surface area (TPSA) is 27.7 Å². The predicted octanol–water partition coefficient (Wildman–Crippen LogP) is 12.9. The van der Waals surface area contributed by atoms with Crippen LogP contribution >= 0.6 is 11.8 Å². The molecular weight excluding hydrogens is 860 g/mol. The minimum absolute atomic E-state index is 0. The smallest absolute Gasteiger partial charge is 0.168 e. The quantitative estimate of drug-likeness (QED) is 0.142. The first-order valence-electron chi connectivity index (χ1n) is 18.3. The SMILES string of the molecule is CC(C)c1cccc(C(C)C)c1-c1ccnc(-n2c3[c-]c(Sc4[c-]c(-n5[cH+]n(-c6ccccc6)c6ccccc65)ccc4)ccc3c3ccccc32)c1.[Pt]. The molecule has 4 nitrogen and oxygen atoms in total. The summed E-state index contributed by atoms with van der Waals surface area (Å²) < 4.78 is 6.73. The normalized spacial score (nSPS) is 11.6. The van der Waals surface area contributed by atoms with Crippen LogP contribution in [0.3, 0.4) is 0 Å². The molecule has 0 amide bonds. The van der Waals surface area contributed by atoms with Gasteiger partial charge in [0.05, 0.1) is 0 Å². The number of benzene rings is 6. The van der Waals surface area contributed by atoms with Crippen LogP contribution in [0.1, 0.15) is 50.7 Å². The zero-order valence-electron chi connectivity index (χ0n) is 30.6. The number of nitrogens with zero attached hydrogens (tertiary/aromatic N) is 4. The van der Waals surface area contributed by atoms with E-state index in [0.717, 1.165) is 54.4 Å². The summed E-state index contributed by atoms with van der Waals surface area (Å²) in [6.07, 6.45) is 4.11. The molecule has 9 aromatic rings. The van der Waals surface area contributed by atoms with Crippen LogP contribution in [0.2, 0.25) is 0 Å². The van der Waals surface area contributed by atoms with Crippen molar-refractivity contribution in [3.8, 4) is 28.3 Å². The number of hydrogen-bond acceptors (Lipinski definition) is 2. The molecule has 0 N–H and O–H groups in total. The maximum absolute atomic E-state index is 4.99. The number of rotatable bonds is 8. The van der Waals surface area contributed by atoms with Crippen molar-refractivity contribution in [3.05, 3.63) is 175 Å². The molecule has 0 atom stereocenters. The number of aromatic nitrogens is 4. The van der Waals surface area contributed by atoms with Crippen molar-refractivity contribution in [3.63, 3.8) is 0 Å². The Bertz CT molecular complexity index is 2750. The van der Waals surface area contributed by atoms with Crippen LogP contribution in [0.4, 0.5) is 0 Å². The van der Waals surface area contributed by atoms with E-state index in [-0.39, 0.29) is 21.1 Å². The van der Waals surface area contributed by atoms with Crippen molar-refractivity contribution in [1.29, 1.82) is 0 Å². The van der Waals surface area contributed by atoms with E-state index in [0.29, 0.717) is 11.8 Å². The fourth-order valence-corrected chi connectivity index (χ4v) is 8.43. The average molecular weight is 899 g/mol. The van der Waals surface area contributed by atoms with E-state index in [4.69, 9.17) is 4.98 Å². The van der Waals surface area contributed by atoms with Crippen molar-refractivity contribution in [2.24, 2.45) is 0 Å². The third-order valence-electron chi connectivity index (χ3n) is 10.1. The summed E-state index contributed by atoms with van der Waals surface area (Å²) in [4.78, 5) is 7.04. The monoisotopic (exact) mass is 898 g/mol. The van der Waals surface area contributed by atoms with Crippen LogP contribution < -0.4 is 0 Å². The van der Waals surface area contributed by atoms with Crippen LogP contribution in [0.15, 0.2) is 162 Å². The molecule has 268 valence electrons. The van der Waals surface area contributed by atoms with Gasteiger partial charge in [0.15, 0.2) is 17.4 Å². The predicted molar refractivity (Wildman–Crippen MR) is 221 cm³/mol. The summed E-state index contributed by atoms with van der Waals surface area (Å²) >= 11 is 1.68. The van der Waals surface area contributed by atoms with Crippen LogP contribution in [0, 0.1) is 12.1 Å². The Hall–Kier alpha value is -5.22. The molecule has 0 spiro atoms. The molecule has 0 aliphatic carbocycles. The average Bonchev–Trinajstić information content (AvgIpc) is 3.74. The third-order valence-corrected chi connectivity index (χ3v) is 11.0. The van der Waals surface area contributed by atoms with E-state index in [2.05, 4.69) is 199 Å². The van der Waals surface area contributed by atoms with Crippen molar-refractivity contribution in [2.75, 3.05) is 0 Å². The zero-order valence-corrected chi connectivity index (χ0v) is 33.7. The Kier molecular flexibility index (Phi) is 9.87. The maximum atomic E-state index is 4.99. The maximum Gasteiger partial charge on any atom is 0.168 e. The largest absolute Gasteiger partial charge is 0.319 e. The molecule has 0 saturated heterocycles. The second kappa shape index (κ2) is 14.9. The third kappa shape index (κ3) is 6.40. The van der Waals surface area contributed by atoms with Gasteiger partial charge in [-0.3, -0.25) is 0 Å². The van der Waals surface area contributed by atoms with Gasteiger partial charge in [-0.15, -0.1) is 40.2 Å². The molecule has 54 heavy (non-hydrogen) atoms. The summed E-state index contributed by atoms with van der Waals surface area (Å²) in [5.74, 6) is 1.69. The summed E-state index contributed by atoms with van der Waals surface area (Å²) in [5, 5.41) is 2.34. The van der Waals surface area contributed by atoms with Crippen LogP contribution in [0.5, 0.6) is 0 Å². The van der Waals surface area contributed by atoms with Crippen molar-refractivity contribution >= 4 is 44.6 Å². The van der Waals surface area contributed by atoms with Gasteiger partial charge >= 0.3 is 0 Å². The van der Waals surface area contributed by atoms with Crippen LogP contribution in [-0.2, 0) is 21.1 Å². The standard InChI is InChI=1S/C48H39N4S.Pt/c1-32(2)39-19-13-20-40(33(3)4)48(39)34-26-27-49-47(28-34)52-43-21-9-8-18-41(43)42-25-24-38(30-46(42)52)53-37-17-12-16-36(29-37)51-31-50(35-14-6-5-7-15-35)44-22-10-11-23-45(44)51;/h5-28,31-33H,1-4H3;/q-1;. The Morgan fingerprint density at radius 1 is 0.593 bits per heavy atom. The molecule has 3 heterocycles. The number of para-hydroxylation sites is 4. The van der Waals surface area contributed by atoms with E-state index < -0.39 is 0 Å². The molecule has 3 aromatic heterocycles. The molecule has 0 fully saturated rings. The summed E-state index contributed by atoms with van der Waals surface area (Å²) in [5.41, 5.74) is 11.7. The summed E-state index contributed by atoms with van der Waals surface area (Å²) in [6.45, 7) is 9.11. The first-order valence-corrected chi connectivity index (χ1v) is 19.1. The summed E-state index contributed by atoms with van der Waals surface area (Å²) in [6, 6.07) is 57.1. The number of hydrogen-bond donors (Lipinski definition) is 0. The van der Waals surface area contributed by atoms with Crippen LogP contribution in [0.25, 0.3) is 61.2 Å². The van der Waals surface area contributed by atoms with Gasteiger partial charge in [-0.1, -0.05) is 105 Å². The number of imidazole rings is 1. The number of fused-ring (bicyclic) bond motifs is 4. The first-order chi connectivity index (χ1) is 25.9. The van der Waals surface area contributed by atoms with Gasteiger partial charge in [0.2, 0.25) is 0 Å². The molecule has 0 aliphatic heterocycles. The van der Waals surface area contributed by atoms with Gasteiger partial charge in [0.1, 0.15) is 11.5 Å². The van der Waals surface area contributed by atoms with E-state index in [1.54, 1.807) is 11.8 Å². The Morgan fingerprint density at radius 3 is 1.98 bits per heavy atom. The van der Waals surface area contributed by atoms with Crippen molar-refractivity contribution < 1.29 is 21.1 Å². The fraction of sp³-hybridized carbons (Fsp3) is 0.125. The molecule has 0 saturated carbocycles. The molecule has 0 aliphatic rings.